The van der Waals surface area contributed by atoms with Crippen LogP contribution in [-0.4, -0.2) is 38.6 Å². The van der Waals surface area contributed by atoms with Crippen molar-refractivity contribution >= 4 is 28.3 Å². The van der Waals surface area contributed by atoms with E-state index in [4.69, 9.17) is 0 Å². The summed E-state index contributed by atoms with van der Waals surface area (Å²) >= 11 is 1.72. The molecule has 2 aromatic carbocycles. The summed E-state index contributed by atoms with van der Waals surface area (Å²) in [5, 5.41) is 23.7. The van der Waals surface area contributed by atoms with E-state index >= 15 is 0 Å². The minimum atomic E-state index is -1.27. The third kappa shape index (κ3) is 2.69. The maximum absolute atomic E-state index is 11.5. The number of β-amino-alcohol motifs (C(OH)–C–C–N with tert-alkyl or cyclic N) is 1. The molecule has 7 heteroatoms. The molecule has 0 aliphatic carbocycles. The monoisotopic (exact) mass is 356 g/mol. The topological polar surface area (TPSA) is 69.6 Å². The molecule has 6 nitrogen and oxygen atoms in total. The van der Waals surface area contributed by atoms with Crippen molar-refractivity contribution in [3.8, 4) is 0 Å². The summed E-state index contributed by atoms with van der Waals surface area (Å²) in [5.74, 6) is 1.00. The number of thioether (sulfide) groups is 1. The largest absolute Gasteiger partial charge is 0.346 e. The van der Waals surface area contributed by atoms with E-state index in [2.05, 4.69) is 4.90 Å². The number of non-ortho nitro benzene ring substituents is 1. The first-order chi connectivity index (χ1) is 12.1. The van der Waals surface area contributed by atoms with Gasteiger partial charge in [-0.1, -0.05) is 30.3 Å². The van der Waals surface area contributed by atoms with Crippen molar-refractivity contribution in [3.05, 3.63) is 70.3 Å². The van der Waals surface area contributed by atoms with Crippen molar-refractivity contribution in [3.63, 3.8) is 0 Å². The van der Waals surface area contributed by atoms with E-state index in [1.165, 1.54) is 12.1 Å². The molecule has 1 atom stereocenters. The van der Waals surface area contributed by atoms with Crippen LogP contribution < -0.4 is 4.90 Å². The first kappa shape index (κ1) is 16.1. The minimum Gasteiger partial charge on any atom is -0.346 e. The fraction of sp³-hybridized carbons (Fsp3) is 0.278. The summed E-state index contributed by atoms with van der Waals surface area (Å²) in [7, 11) is 0. The van der Waals surface area contributed by atoms with Crippen LogP contribution in [0.2, 0.25) is 0 Å². The molecule has 128 valence electrons. The Balaban J connectivity index is 1.81. The van der Waals surface area contributed by atoms with Gasteiger partial charge in [-0.25, -0.2) is 9.48 Å². The van der Waals surface area contributed by atoms with Gasteiger partial charge in [0, 0.05) is 23.4 Å². The lowest BCUT2D eigenvalue weighted by atomic mass is 10.0. The quantitative estimate of drug-likeness (QED) is 0.520. The van der Waals surface area contributed by atoms with Gasteiger partial charge in [-0.05, 0) is 30.3 Å². The molecule has 2 aromatic rings. The lowest BCUT2D eigenvalue weighted by Crippen LogP contribution is -2.41. The van der Waals surface area contributed by atoms with Crippen molar-refractivity contribution in [1.82, 2.24) is 0 Å². The Morgan fingerprint density at radius 1 is 1.20 bits per heavy atom. The third-order valence-corrected chi connectivity index (χ3v) is 5.82. The molecule has 4 rings (SSSR count). The highest BCUT2D eigenvalue weighted by Gasteiger charge is 2.53. The zero-order valence-electron chi connectivity index (χ0n) is 13.5. The summed E-state index contributed by atoms with van der Waals surface area (Å²) in [5.41, 5.74) is 0.290. The van der Waals surface area contributed by atoms with E-state index in [0.29, 0.717) is 12.1 Å². The second-order valence-electron chi connectivity index (χ2n) is 6.18. The van der Waals surface area contributed by atoms with E-state index in [-0.39, 0.29) is 5.69 Å². The Morgan fingerprint density at radius 3 is 2.76 bits per heavy atom. The molecular weight excluding hydrogens is 338 g/mol. The highest BCUT2D eigenvalue weighted by Crippen LogP contribution is 2.38. The van der Waals surface area contributed by atoms with Crippen molar-refractivity contribution in [2.45, 2.75) is 12.1 Å². The highest BCUT2D eigenvalue weighted by atomic mass is 32.2. The van der Waals surface area contributed by atoms with E-state index in [1.54, 1.807) is 23.9 Å². The second kappa shape index (κ2) is 6.16. The van der Waals surface area contributed by atoms with Crippen LogP contribution >= 0.6 is 11.8 Å². The molecule has 0 amide bonds. The first-order valence-electron chi connectivity index (χ1n) is 8.17. The molecule has 2 aliphatic rings. The molecule has 0 fully saturated rings. The van der Waals surface area contributed by atoms with Gasteiger partial charge in [0.2, 0.25) is 0 Å². The maximum atomic E-state index is 11.5. The van der Waals surface area contributed by atoms with Gasteiger partial charge in [-0.2, -0.15) is 0 Å². The van der Waals surface area contributed by atoms with Gasteiger partial charge in [0.25, 0.3) is 11.4 Å². The van der Waals surface area contributed by atoms with E-state index < -0.39 is 10.6 Å². The number of nitrogens with zero attached hydrogens (tertiary/aromatic N) is 3. The highest BCUT2D eigenvalue weighted by molar-refractivity contribution is 8.13. The average Bonchev–Trinajstić information content (AvgIpc) is 2.97. The molecule has 2 heterocycles. The number of nitro groups is 1. The number of rotatable bonds is 3. The number of benzene rings is 2. The Kier molecular flexibility index (Phi) is 3.97. The lowest BCUT2D eigenvalue weighted by molar-refractivity contribution is -0.656. The van der Waals surface area contributed by atoms with Crippen LogP contribution in [0.25, 0.3) is 0 Å². The number of hydrogen-bond acceptors (Lipinski definition) is 5. The maximum Gasteiger partial charge on any atom is 0.316 e. The molecule has 0 radical (unpaired) electrons. The molecule has 0 saturated carbocycles. The summed E-state index contributed by atoms with van der Waals surface area (Å²) in [4.78, 5) is 12.8. The van der Waals surface area contributed by atoms with Gasteiger partial charge in [0.1, 0.15) is 5.69 Å². The fourth-order valence-corrected chi connectivity index (χ4v) is 4.61. The van der Waals surface area contributed by atoms with E-state index in [9.17, 15) is 15.2 Å². The van der Waals surface area contributed by atoms with Gasteiger partial charge in [-0.15, -0.1) is 0 Å². The Bertz CT molecular complexity index is 856. The van der Waals surface area contributed by atoms with Gasteiger partial charge >= 0.3 is 5.17 Å². The molecule has 0 unspecified atom stereocenters. The summed E-state index contributed by atoms with van der Waals surface area (Å²) in [6.45, 7) is 1.07. The number of amidine groups is 1. The number of hydrogen-bond donors (Lipinski definition) is 1. The molecular formula is C18H18N3O3S+. The smallest absolute Gasteiger partial charge is 0.316 e. The van der Waals surface area contributed by atoms with Crippen molar-refractivity contribution in [1.29, 1.82) is 0 Å². The van der Waals surface area contributed by atoms with E-state index in [0.717, 1.165) is 29.6 Å². The number of anilines is 1. The molecule has 25 heavy (non-hydrogen) atoms. The first-order valence-corrected chi connectivity index (χ1v) is 9.15. The lowest BCUT2D eigenvalue weighted by Gasteiger charge is -2.24. The summed E-state index contributed by atoms with van der Waals surface area (Å²) in [6.07, 6.45) is 0.966. The molecule has 0 aromatic heterocycles. The van der Waals surface area contributed by atoms with E-state index in [1.807, 2.05) is 34.9 Å². The van der Waals surface area contributed by atoms with Crippen LogP contribution in [0.1, 0.15) is 12.0 Å². The molecule has 0 bridgehead atoms. The Labute approximate surface area is 149 Å². The molecule has 2 aliphatic heterocycles. The zero-order chi connectivity index (χ0) is 17.4. The summed E-state index contributed by atoms with van der Waals surface area (Å²) < 4.78 is 1.98. The van der Waals surface area contributed by atoms with Crippen LogP contribution in [0.3, 0.4) is 0 Å². The number of aliphatic hydroxyl groups is 1. The third-order valence-electron chi connectivity index (χ3n) is 4.63. The Hall–Kier alpha value is -2.38. The second-order valence-corrected chi connectivity index (χ2v) is 7.24. The Morgan fingerprint density at radius 2 is 2.00 bits per heavy atom. The van der Waals surface area contributed by atoms with Gasteiger partial charge in [0.15, 0.2) is 6.54 Å². The molecule has 1 N–H and O–H groups in total. The van der Waals surface area contributed by atoms with Crippen molar-refractivity contribution in [2.24, 2.45) is 0 Å². The van der Waals surface area contributed by atoms with Gasteiger partial charge in [-0.3, -0.25) is 10.1 Å². The number of para-hydroxylation sites is 1. The average molecular weight is 356 g/mol. The standard InChI is InChI=1S/C18H18N3O3S/c22-18(14-6-4-9-16(12-14)21(23)24)13-19(15-7-2-1-3-8-15)17-20(18)10-5-11-25-17/h1-4,6-9,12,22H,5,10-11,13H2/q+1/t18-/m0/s1. The van der Waals surface area contributed by atoms with Crippen LogP contribution in [0.4, 0.5) is 11.4 Å². The molecule has 0 saturated heterocycles. The van der Waals surface area contributed by atoms with Crippen LogP contribution in [0, 0.1) is 10.1 Å². The van der Waals surface area contributed by atoms with Crippen LogP contribution in [0.15, 0.2) is 54.6 Å². The summed E-state index contributed by atoms with van der Waals surface area (Å²) in [6, 6.07) is 16.3. The van der Waals surface area contributed by atoms with Crippen LogP contribution in [0.5, 0.6) is 0 Å². The normalized spacial score (nSPS) is 22.8. The van der Waals surface area contributed by atoms with Crippen molar-refractivity contribution < 1.29 is 14.6 Å². The van der Waals surface area contributed by atoms with Crippen molar-refractivity contribution in [2.75, 3.05) is 23.7 Å². The minimum absolute atomic E-state index is 0.00435. The fourth-order valence-electron chi connectivity index (χ4n) is 3.43. The zero-order valence-corrected chi connectivity index (χ0v) is 14.4. The van der Waals surface area contributed by atoms with Gasteiger partial charge < -0.3 is 5.11 Å². The van der Waals surface area contributed by atoms with Crippen LogP contribution in [-0.2, 0) is 5.72 Å². The number of nitro benzene ring substituents is 1. The predicted molar refractivity (Wildman–Crippen MR) is 98.0 cm³/mol. The predicted octanol–water partition coefficient (Wildman–Crippen LogP) is 2.77. The molecule has 0 spiro atoms. The van der Waals surface area contributed by atoms with Gasteiger partial charge in [0.05, 0.1) is 11.5 Å². The SMILES string of the molecule is O=[N+]([O-])c1cccc([C@@]2(O)CN(c3ccccc3)C3=[N+]2CCCS3)c1.